The summed E-state index contributed by atoms with van der Waals surface area (Å²) in [6.07, 6.45) is 4.32. The van der Waals surface area contributed by atoms with Gasteiger partial charge in [-0.1, -0.05) is 20.8 Å². The Morgan fingerprint density at radius 1 is 1.09 bits per heavy atom. The standard InChI is InChI=1S/C18H26O4/c1-16(10-15(21)22)13-5-4-11-12(19)6-8-17(11,2)18(13,3)9-7-14(16)20/h11,13H,4-10H2,1-3H3,(H,21,22)/t11-,13+,16+,17+,18+/m0/s1. The van der Waals surface area contributed by atoms with Gasteiger partial charge in [0.1, 0.15) is 11.6 Å². The van der Waals surface area contributed by atoms with Crippen molar-refractivity contribution in [1.82, 2.24) is 0 Å². The molecule has 0 aromatic rings. The number of carbonyl (C=O) groups is 3. The number of aliphatic carboxylic acids is 1. The molecule has 22 heavy (non-hydrogen) atoms. The average Bonchev–Trinajstić information content (AvgIpc) is 2.72. The summed E-state index contributed by atoms with van der Waals surface area (Å²) < 4.78 is 0. The molecule has 4 nitrogen and oxygen atoms in total. The summed E-state index contributed by atoms with van der Waals surface area (Å²) in [6, 6.07) is 0. The van der Waals surface area contributed by atoms with Crippen molar-refractivity contribution in [3.8, 4) is 0 Å². The van der Waals surface area contributed by atoms with Gasteiger partial charge in [-0.25, -0.2) is 0 Å². The van der Waals surface area contributed by atoms with E-state index in [1.807, 2.05) is 6.92 Å². The highest BCUT2D eigenvalue weighted by Crippen LogP contribution is 2.69. The first-order valence-electron chi connectivity index (χ1n) is 8.43. The van der Waals surface area contributed by atoms with Crippen LogP contribution in [-0.2, 0) is 14.4 Å². The van der Waals surface area contributed by atoms with E-state index in [-0.39, 0.29) is 34.9 Å². The number of fused-ring (bicyclic) bond motifs is 3. The Labute approximate surface area is 131 Å². The number of carboxylic acid groups (broad SMARTS) is 1. The second-order valence-corrected chi connectivity index (χ2v) is 8.39. The molecule has 5 atom stereocenters. The molecule has 122 valence electrons. The lowest BCUT2D eigenvalue weighted by Gasteiger charge is -2.62. The minimum absolute atomic E-state index is 0.0736. The van der Waals surface area contributed by atoms with E-state index in [0.717, 1.165) is 25.7 Å². The zero-order valence-corrected chi connectivity index (χ0v) is 13.8. The summed E-state index contributed by atoms with van der Waals surface area (Å²) in [5.41, 5.74) is -0.966. The van der Waals surface area contributed by atoms with Crippen molar-refractivity contribution in [3.63, 3.8) is 0 Å². The van der Waals surface area contributed by atoms with Crippen molar-refractivity contribution in [2.45, 2.75) is 65.7 Å². The molecule has 3 aliphatic rings. The van der Waals surface area contributed by atoms with E-state index >= 15 is 0 Å². The molecule has 0 aromatic carbocycles. The molecule has 0 saturated heterocycles. The molecule has 3 fully saturated rings. The molecule has 4 heteroatoms. The maximum Gasteiger partial charge on any atom is 0.304 e. The van der Waals surface area contributed by atoms with Crippen molar-refractivity contribution >= 4 is 17.5 Å². The summed E-state index contributed by atoms with van der Waals surface area (Å²) in [4.78, 5) is 36.2. The predicted octanol–water partition coefficient (Wildman–Crippen LogP) is 3.23. The number of ketones is 2. The van der Waals surface area contributed by atoms with Gasteiger partial charge in [0.2, 0.25) is 0 Å². The first-order valence-corrected chi connectivity index (χ1v) is 8.43. The van der Waals surface area contributed by atoms with Gasteiger partial charge < -0.3 is 5.11 Å². The Hall–Kier alpha value is -1.19. The molecule has 0 amide bonds. The normalized spacial score (nSPS) is 48.0. The molecular formula is C18H26O4. The average molecular weight is 306 g/mol. The van der Waals surface area contributed by atoms with Gasteiger partial charge in [0.25, 0.3) is 0 Å². The van der Waals surface area contributed by atoms with Gasteiger partial charge in [-0.3, -0.25) is 14.4 Å². The Morgan fingerprint density at radius 3 is 2.36 bits per heavy atom. The molecule has 0 unspecified atom stereocenters. The molecule has 0 spiro atoms. The van der Waals surface area contributed by atoms with Gasteiger partial charge in [-0.05, 0) is 42.4 Å². The van der Waals surface area contributed by atoms with Crippen molar-refractivity contribution in [2.75, 3.05) is 0 Å². The van der Waals surface area contributed by atoms with Crippen LogP contribution in [0.15, 0.2) is 0 Å². The molecule has 3 rings (SSSR count). The van der Waals surface area contributed by atoms with Crippen molar-refractivity contribution in [1.29, 1.82) is 0 Å². The van der Waals surface area contributed by atoms with Crippen LogP contribution >= 0.6 is 0 Å². The van der Waals surface area contributed by atoms with Gasteiger partial charge in [0, 0.05) is 24.2 Å². The fourth-order valence-corrected chi connectivity index (χ4v) is 6.17. The van der Waals surface area contributed by atoms with E-state index in [1.165, 1.54) is 0 Å². The van der Waals surface area contributed by atoms with Crippen LogP contribution in [0, 0.1) is 28.1 Å². The Morgan fingerprint density at radius 2 is 1.73 bits per heavy atom. The lowest BCUT2D eigenvalue weighted by atomic mass is 9.41. The van der Waals surface area contributed by atoms with Gasteiger partial charge in [-0.15, -0.1) is 0 Å². The maximum absolute atomic E-state index is 12.6. The van der Waals surface area contributed by atoms with Crippen LogP contribution in [0.1, 0.15) is 65.7 Å². The van der Waals surface area contributed by atoms with Crippen molar-refractivity contribution in [3.05, 3.63) is 0 Å². The number of carbonyl (C=O) groups excluding carboxylic acids is 2. The number of rotatable bonds is 2. The van der Waals surface area contributed by atoms with Crippen LogP contribution in [0.4, 0.5) is 0 Å². The first kappa shape index (κ1) is 15.7. The van der Waals surface area contributed by atoms with E-state index in [9.17, 15) is 19.5 Å². The monoisotopic (exact) mass is 306 g/mol. The number of Topliss-reactive ketones (excluding diaryl/α,β-unsaturated/α-hetero) is 2. The molecule has 0 radical (unpaired) electrons. The fraction of sp³-hybridized carbons (Fsp3) is 0.833. The van der Waals surface area contributed by atoms with Gasteiger partial charge >= 0.3 is 5.97 Å². The van der Waals surface area contributed by atoms with Crippen LogP contribution in [0.25, 0.3) is 0 Å². The molecule has 0 heterocycles. The third-order valence-electron chi connectivity index (χ3n) is 7.66. The number of hydrogen-bond donors (Lipinski definition) is 1. The third-order valence-corrected chi connectivity index (χ3v) is 7.66. The SMILES string of the molecule is C[C@]1(CC(=O)O)C(=O)CC[C@]2(C)[C@@H]1CC[C@H]1C(=O)CC[C@]12C. The highest BCUT2D eigenvalue weighted by atomic mass is 16.4. The molecule has 0 bridgehead atoms. The number of hydrogen-bond acceptors (Lipinski definition) is 3. The minimum atomic E-state index is -0.894. The van der Waals surface area contributed by atoms with Crippen molar-refractivity contribution in [2.24, 2.45) is 28.1 Å². The third kappa shape index (κ3) is 1.79. The second-order valence-electron chi connectivity index (χ2n) is 8.39. The topological polar surface area (TPSA) is 71.4 Å². The number of carboxylic acids is 1. The second kappa shape index (κ2) is 4.65. The van der Waals surface area contributed by atoms with E-state index < -0.39 is 11.4 Å². The van der Waals surface area contributed by atoms with Crippen LogP contribution in [0.5, 0.6) is 0 Å². The molecule has 3 aliphatic carbocycles. The molecule has 0 aromatic heterocycles. The largest absolute Gasteiger partial charge is 0.481 e. The minimum Gasteiger partial charge on any atom is -0.481 e. The zero-order chi connectivity index (χ0) is 16.3. The van der Waals surface area contributed by atoms with Gasteiger partial charge in [0.05, 0.1) is 6.42 Å². The van der Waals surface area contributed by atoms with Crippen molar-refractivity contribution < 1.29 is 19.5 Å². The summed E-state index contributed by atoms with van der Waals surface area (Å²) >= 11 is 0. The molecule has 1 N–H and O–H groups in total. The van der Waals surface area contributed by atoms with Crippen LogP contribution in [0.3, 0.4) is 0 Å². The summed E-state index contributed by atoms with van der Waals surface area (Å²) in [7, 11) is 0. The highest BCUT2D eigenvalue weighted by Gasteiger charge is 2.66. The van der Waals surface area contributed by atoms with E-state index in [2.05, 4.69) is 13.8 Å². The highest BCUT2D eigenvalue weighted by molar-refractivity contribution is 5.90. The Kier molecular flexibility index (Phi) is 3.32. The quantitative estimate of drug-likeness (QED) is 0.850. The van der Waals surface area contributed by atoms with E-state index in [4.69, 9.17) is 0 Å². The van der Waals surface area contributed by atoms with E-state index in [1.54, 1.807) is 0 Å². The lowest BCUT2D eigenvalue weighted by Crippen LogP contribution is -2.60. The maximum atomic E-state index is 12.6. The summed E-state index contributed by atoms with van der Waals surface area (Å²) in [5, 5.41) is 9.31. The smallest absolute Gasteiger partial charge is 0.304 e. The molecule has 0 aliphatic heterocycles. The molecule has 3 saturated carbocycles. The zero-order valence-electron chi connectivity index (χ0n) is 13.8. The van der Waals surface area contributed by atoms with Gasteiger partial charge in [0.15, 0.2) is 0 Å². The fourth-order valence-electron chi connectivity index (χ4n) is 6.17. The molecular weight excluding hydrogens is 280 g/mol. The Balaban J connectivity index is 2.05. The van der Waals surface area contributed by atoms with Crippen LogP contribution in [-0.4, -0.2) is 22.6 Å². The Bertz CT molecular complexity index is 553. The van der Waals surface area contributed by atoms with Crippen LogP contribution < -0.4 is 0 Å². The summed E-state index contributed by atoms with van der Waals surface area (Å²) in [6.45, 7) is 6.28. The van der Waals surface area contributed by atoms with Gasteiger partial charge in [-0.2, -0.15) is 0 Å². The van der Waals surface area contributed by atoms with E-state index in [0.29, 0.717) is 18.6 Å². The lowest BCUT2D eigenvalue weighted by molar-refractivity contribution is -0.174. The van der Waals surface area contributed by atoms with Crippen LogP contribution in [0.2, 0.25) is 0 Å². The first-order chi connectivity index (χ1) is 10.1. The summed E-state index contributed by atoms with van der Waals surface area (Å²) in [5.74, 6) is -0.238. The predicted molar refractivity (Wildman–Crippen MR) is 81.3 cm³/mol.